The van der Waals surface area contributed by atoms with Gasteiger partial charge in [-0.1, -0.05) is 25.5 Å². The van der Waals surface area contributed by atoms with Gasteiger partial charge >= 0.3 is 6.18 Å². The average Bonchev–Trinajstić information content (AvgIpc) is 2.49. The van der Waals surface area contributed by atoms with Gasteiger partial charge in [-0.2, -0.15) is 13.2 Å². The Morgan fingerprint density at radius 2 is 1.83 bits per heavy atom. The molecule has 1 rings (SSSR count). The maximum atomic E-state index is 12.9. The number of hydrogen-bond donors (Lipinski definition) is 1. The Hall–Kier alpha value is -2.05. The van der Waals surface area contributed by atoms with E-state index in [1.54, 1.807) is 6.92 Å². The molecule has 23 heavy (non-hydrogen) atoms. The molecule has 0 saturated carbocycles. The van der Waals surface area contributed by atoms with Gasteiger partial charge in [0.1, 0.15) is 0 Å². The number of hydrogen-bond acceptors (Lipinski definition) is 2. The lowest BCUT2D eigenvalue weighted by atomic mass is 10.1. The van der Waals surface area contributed by atoms with E-state index in [0.29, 0.717) is 19.4 Å². The van der Waals surface area contributed by atoms with Gasteiger partial charge in [0.2, 0.25) is 11.8 Å². The van der Waals surface area contributed by atoms with Crippen LogP contribution >= 0.6 is 0 Å². The summed E-state index contributed by atoms with van der Waals surface area (Å²) < 4.78 is 38.6. The van der Waals surface area contributed by atoms with Crippen LogP contribution in [-0.4, -0.2) is 29.8 Å². The van der Waals surface area contributed by atoms with Crippen LogP contribution in [0.1, 0.15) is 38.7 Å². The molecule has 0 fully saturated rings. The van der Waals surface area contributed by atoms with Gasteiger partial charge in [0.25, 0.3) is 0 Å². The van der Waals surface area contributed by atoms with Crippen molar-refractivity contribution in [1.82, 2.24) is 4.90 Å². The van der Waals surface area contributed by atoms with Gasteiger partial charge in [0.15, 0.2) is 0 Å². The van der Waals surface area contributed by atoms with Crippen molar-refractivity contribution in [2.45, 2.75) is 39.3 Å². The Bertz CT molecular complexity index is 544. The second kappa shape index (κ2) is 8.55. The highest BCUT2D eigenvalue weighted by molar-refractivity contribution is 5.95. The number of nitrogens with zero attached hydrogens (tertiary/aromatic N) is 1. The summed E-state index contributed by atoms with van der Waals surface area (Å²) in [5.74, 6) is -0.818. The molecule has 128 valence electrons. The Labute approximate surface area is 133 Å². The number of para-hydroxylation sites is 1. The minimum Gasteiger partial charge on any atom is -0.334 e. The molecule has 4 nitrogen and oxygen atoms in total. The summed E-state index contributed by atoms with van der Waals surface area (Å²) in [6, 6.07) is 4.76. The third-order valence-electron chi connectivity index (χ3n) is 3.32. The highest BCUT2D eigenvalue weighted by atomic mass is 19.4. The fourth-order valence-corrected chi connectivity index (χ4v) is 2.06. The zero-order valence-electron chi connectivity index (χ0n) is 13.2. The zero-order valence-corrected chi connectivity index (χ0v) is 13.2. The molecule has 0 aliphatic heterocycles. The standard InChI is InChI=1S/C16H21F3N2O2/c1-3-5-10-15(23)21(4-2)11-14(22)20-13-9-7-6-8-12(13)16(17,18)19/h6-9H,3-5,10-11H2,1-2H3,(H,20,22). The fourth-order valence-electron chi connectivity index (χ4n) is 2.06. The van der Waals surface area contributed by atoms with Crippen LogP contribution in [0.4, 0.5) is 18.9 Å². The molecule has 0 saturated heterocycles. The fraction of sp³-hybridized carbons (Fsp3) is 0.500. The molecule has 1 aromatic carbocycles. The molecule has 2 amide bonds. The average molecular weight is 330 g/mol. The van der Waals surface area contributed by atoms with E-state index in [1.807, 2.05) is 6.92 Å². The predicted molar refractivity (Wildman–Crippen MR) is 81.9 cm³/mol. The number of carbonyl (C=O) groups is 2. The summed E-state index contributed by atoms with van der Waals surface area (Å²) in [6.07, 6.45) is -2.65. The van der Waals surface area contributed by atoms with Crippen LogP contribution in [0.5, 0.6) is 0 Å². The van der Waals surface area contributed by atoms with Gasteiger partial charge in [0.05, 0.1) is 17.8 Å². The van der Waals surface area contributed by atoms with Crippen LogP contribution in [-0.2, 0) is 15.8 Å². The normalized spacial score (nSPS) is 11.2. The van der Waals surface area contributed by atoms with E-state index in [2.05, 4.69) is 5.32 Å². The van der Waals surface area contributed by atoms with Crippen LogP contribution in [0.3, 0.4) is 0 Å². The highest BCUT2D eigenvalue weighted by Crippen LogP contribution is 2.34. The number of rotatable bonds is 7. The third-order valence-corrected chi connectivity index (χ3v) is 3.32. The van der Waals surface area contributed by atoms with Crippen LogP contribution in [0.25, 0.3) is 0 Å². The van der Waals surface area contributed by atoms with Crippen molar-refractivity contribution in [2.75, 3.05) is 18.4 Å². The van der Waals surface area contributed by atoms with E-state index < -0.39 is 17.6 Å². The summed E-state index contributed by atoms with van der Waals surface area (Å²) in [6.45, 7) is 3.74. The van der Waals surface area contributed by atoms with Crippen molar-refractivity contribution in [3.8, 4) is 0 Å². The van der Waals surface area contributed by atoms with Crippen molar-refractivity contribution < 1.29 is 22.8 Å². The molecular formula is C16H21F3N2O2. The van der Waals surface area contributed by atoms with Gasteiger partial charge in [-0.25, -0.2) is 0 Å². The molecule has 0 aliphatic rings. The minimum absolute atomic E-state index is 0.173. The van der Waals surface area contributed by atoms with E-state index in [-0.39, 0.29) is 18.1 Å². The molecule has 0 aromatic heterocycles. The van der Waals surface area contributed by atoms with E-state index in [0.717, 1.165) is 12.5 Å². The Morgan fingerprint density at radius 1 is 1.17 bits per heavy atom. The maximum absolute atomic E-state index is 12.9. The molecule has 7 heteroatoms. The van der Waals surface area contributed by atoms with Gasteiger partial charge in [-0.05, 0) is 25.5 Å². The van der Waals surface area contributed by atoms with Crippen molar-refractivity contribution in [3.63, 3.8) is 0 Å². The lowest BCUT2D eigenvalue weighted by Crippen LogP contribution is -2.38. The van der Waals surface area contributed by atoms with Crippen LogP contribution in [0.15, 0.2) is 24.3 Å². The van der Waals surface area contributed by atoms with Crippen LogP contribution in [0.2, 0.25) is 0 Å². The van der Waals surface area contributed by atoms with Gasteiger partial charge in [0, 0.05) is 13.0 Å². The molecule has 1 N–H and O–H groups in total. The first kappa shape index (κ1) is 19.0. The second-order valence-electron chi connectivity index (χ2n) is 5.10. The topological polar surface area (TPSA) is 49.4 Å². The van der Waals surface area contributed by atoms with Gasteiger partial charge in [-0.15, -0.1) is 0 Å². The number of carbonyl (C=O) groups excluding carboxylic acids is 2. The number of halogens is 3. The third kappa shape index (κ3) is 5.92. The van der Waals surface area contributed by atoms with Gasteiger partial charge < -0.3 is 10.2 Å². The zero-order chi connectivity index (χ0) is 17.5. The van der Waals surface area contributed by atoms with Crippen LogP contribution in [0, 0.1) is 0 Å². The quantitative estimate of drug-likeness (QED) is 0.829. The van der Waals surface area contributed by atoms with E-state index in [9.17, 15) is 22.8 Å². The largest absolute Gasteiger partial charge is 0.418 e. The molecule has 1 aromatic rings. The monoisotopic (exact) mass is 330 g/mol. The number of likely N-dealkylation sites (N-methyl/N-ethyl adjacent to an activating group) is 1. The highest BCUT2D eigenvalue weighted by Gasteiger charge is 2.33. The first-order valence-corrected chi connectivity index (χ1v) is 7.53. The summed E-state index contributed by atoms with van der Waals surface area (Å²) in [5, 5.41) is 2.24. The molecule has 0 unspecified atom stereocenters. The first-order valence-electron chi connectivity index (χ1n) is 7.53. The first-order chi connectivity index (χ1) is 10.8. The number of amides is 2. The summed E-state index contributed by atoms with van der Waals surface area (Å²) >= 11 is 0. The number of unbranched alkanes of at least 4 members (excludes halogenated alkanes) is 1. The van der Waals surface area contributed by atoms with Crippen molar-refractivity contribution in [1.29, 1.82) is 0 Å². The van der Waals surface area contributed by atoms with Crippen molar-refractivity contribution >= 4 is 17.5 Å². The number of alkyl halides is 3. The Balaban J connectivity index is 2.75. The van der Waals surface area contributed by atoms with Crippen molar-refractivity contribution in [3.05, 3.63) is 29.8 Å². The summed E-state index contributed by atoms with van der Waals surface area (Å²) in [5.41, 5.74) is -1.21. The molecule has 0 heterocycles. The molecule has 0 aliphatic carbocycles. The van der Waals surface area contributed by atoms with Gasteiger partial charge in [-0.3, -0.25) is 9.59 Å². The number of nitrogens with one attached hydrogen (secondary N) is 1. The molecular weight excluding hydrogens is 309 g/mol. The minimum atomic E-state index is -4.55. The summed E-state index contributed by atoms with van der Waals surface area (Å²) in [4.78, 5) is 25.2. The smallest absolute Gasteiger partial charge is 0.334 e. The molecule has 0 radical (unpaired) electrons. The molecule has 0 atom stereocenters. The Kier molecular flexibility index (Phi) is 7.06. The molecule has 0 bridgehead atoms. The van der Waals surface area contributed by atoms with E-state index >= 15 is 0 Å². The number of benzene rings is 1. The lowest BCUT2D eigenvalue weighted by Gasteiger charge is -2.21. The predicted octanol–water partition coefficient (Wildman–Crippen LogP) is 3.68. The van der Waals surface area contributed by atoms with E-state index in [4.69, 9.17) is 0 Å². The van der Waals surface area contributed by atoms with Crippen LogP contribution < -0.4 is 5.32 Å². The molecule has 0 spiro atoms. The van der Waals surface area contributed by atoms with Crippen molar-refractivity contribution in [2.24, 2.45) is 0 Å². The SMILES string of the molecule is CCCCC(=O)N(CC)CC(=O)Nc1ccccc1C(F)(F)F. The lowest BCUT2D eigenvalue weighted by molar-refractivity contribution is -0.137. The second-order valence-corrected chi connectivity index (χ2v) is 5.10. The van der Waals surface area contributed by atoms with E-state index in [1.165, 1.54) is 23.1 Å². The summed E-state index contributed by atoms with van der Waals surface area (Å²) in [7, 11) is 0. The Morgan fingerprint density at radius 3 is 2.39 bits per heavy atom. The number of anilines is 1. The maximum Gasteiger partial charge on any atom is 0.418 e.